The number of nitrogens with one attached hydrogen (secondary N) is 1. The van der Waals surface area contributed by atoms with Crippen LogP contribution in [-0.4, -0.2) is 12.5 Å². The predicted octanol–water partition coefficient (Wildman–Crippen LogP) is 4.63. The van der Waals surface area contributed by atoms with Crippen molar-refractivity contribution < 1.29 is 4.79 Å². The molecule has 24 heavy (non-hydrogen) atoms. The molecule has 3 nitrogen and oxygen atoms in total. The van der Waals surface area contributed by atoms with Gasteiger partial charge in [-0.15, -0.1) is 0 Å². The fourth-order valence-corrected chi connectivity index (χ4v) is 3.12. The number of para-hydroxylation sites is 1. The van der Waals surface area contributed by atoms with Gasteiger partial charge in [0.2, 0.25) is 0 Å². The number of hydrogen-bond acceptors (Lipinski definition) is 2. The Morgan fingerprint density at radius 2 is 1.54 bits per heavy atom. The molecule has 3 aromatic carbocycles. The molecule has 0 atom stereocenters. The van der Waals surface area contributed by atoms with Gasteiger partial charge >= 0.3 is 0 Å². The van der Waals surface area contributed by atoms with Gasteiger partial charge in [-0.1, -0.05) is 36.4 Å². The molecule has 1 aliphatic rings. The molecule has 0 saturated heterocycles. The average Bonchev–Trinajstić information content (AvgIpc) is 3.07. The Morgan fingerprint density at radius 1 is 0.833 bits per heavy atom. The summed E-state index contributed by atoms with van der Waals surface area (Å²) in [7, 11) is 0. The second-order valence-electron chi connectivity index (χ2n) is 5.90. The topological polar surface area (TPSA) is 32.3 Å². The molecular formula is C21H18N2O. The number of amides is 1. The first-order valence-electron chi connectivity index (χ1n) is 8.13. The van der Waals surface area contributed by atoms with E-state index < -0.39 is 0 Å². The number of anilines is 3. The molecule has 0 radical (unpaired) electrons. The summed E-state index contributed by atoms with van der Waals surface area (Å²) in [5.74, 6) is -0.0881. The van der Waals surface area contributed by atoms with Gasteiger partial charge in [0.1, 0.15) is 0 Å². The molecule has 118 valence electrons. The van der Waals surface area contributed by atoms with Gasteiger partial charge in [0, 0.05) is 29.2 Å². The van der Waals surface area contributed by atoms with Crippen molar-refractivity contribution in [2.45, 2.75) is 6.42 Å². The number of carbonyl (C=O) groups is 1. The Morgan fingerprint density at radius 3 is 2.33 bits per heavy atom. The third-order valence-corrected chi connectivity index (χ3v) is 4.36. The molecule has 4 rings (SSSR count). The minimum atomic E-state index is -0.0881. The van der Waals surface area contributed by atoms with E-state index in [0.717, 1.165) is 24.3 Å². The minimum absolute atomic E-state index is 0.0881. The third-order valence-electron chi connectivity index (χ3n) is 4.36. The smallest absolute Gasteiger partial charge is 0.255 e. The van der Waals surface area contributed by atoms with E-state index in [1.807, 2.05) is 42.5 Å². The Hall–Kier alpha value is -3.07. The van der Waals surface area contributed by atoms with E-state index in [1.54, 1.807) is 0 Å². The molecule has 0 aromatic heterocycles. The first-order valence-corrected chi connectivity index (χ1v) is 8.13. The number of hydrogen-bond donors (Lipinski definition) is 1. The van der Waals surface area contributed by atoms with Crippen LogP contribution in [0.5, 0.6) is 0 Å². The lowest BCUT2D eigenvalue weighted by molar-refractivity contribution is 0.102. The molecule has 0 spiro atoms. The highest BCUT2D eigenvalue weighted by molar-refractivity contribution is 6.04. The van der Waals surface area contributed by atoms with Crippen molar-refractivity contribution in [3.8, 4) is 0 Å². The van der Waals surface area contributed by atoms with Crippen LogP contribution >= 0.6 is 0 Å². The highest BCUT2D eigenvalue weighted by Gasteiger charge is 2.19. The van der Waals surface area contributed by atoms with Crippen molar-refractivity contribution in [3.63, 3.8) is 0 Å². The zero-order valence-electron chi connectivity index (χ0n) is 13.3. The van der Waals surface area contributed by atoms with Gasteiger partial charge in [0.25, 0.3) is 5.91 Å². The fourth-order valence-electron chi connectivity index (χ4n) is 3.12. The first kappa shape index (κ1) is 14.5. The SMILES string of the molecule is O=C(Nc1ccc(N2CCc3ccccc32)cc1)c1ccccc1. The highest BCUT2D eigenvalue weighted by Crippen LogP contribution is 2.34. The van der Waals surface area contributed by atoms with Crippen molar-refractivity contribution in [2.24, 2.45) is 0 Å². The van der Waals surface area contributed by atoms with E-state index in [2.05, 4.69) is 46.6 Å². The number of carbonyl (C=O) groups excluding carboxylic acids is 1. The van der Waals surface area contributed by atoms with Gasteiger partial charge in [0.15, 0.2) is 0 Å². The van der Waals surface area contributed by atoms with E-state index in [4.69, 9.17) is 0 Å². The van der Waals surface area contributed by atoms with Gasteiger partial charge in [-0.25, -0.2) is 0 Å². The maximum atomic E-state index is 12.2. The van der Waals surface area contributed by atoms with Gasteiger partial charge in [-0.05, 0) is 54.4 Å². The van der Waals surface area contributed by atoms with Crippen LogP contribution in [0.4, 0.5) is 17.1 Å². The number of benzene rings is 3. The monoisotopic (exact) mass is 314 g/mol. The Labute approximate surface area is 141 Å². The standard InChI is InChI=1S/C21H18N2O/c24-21(17-7-2-1-3-8-17)22-18-10-12-19(13-11-18)23-15-14-16-6-4-5-9-20(16)23/h1-13H,14-15H2,(H,22,24). The van der Waals surface area contributed by atoms with Crippen molar-refractivity contribution in [2.75, 3.05) is 16.8 Å². The number of nitrogens with zero attached hydrogens (tertiary/aromatic N) is 1. The van der Waals surface area contributed by atoms with Crippen LogP contribution in [0.15, 0.2) is 78.9 Å². The van der Waals surface area contributed by atoms with Crippen LogP contribution < -0.4 is 10.2 Å². The van der Waals surface area contributed by atoms with E-state index in [-0.39, 0.29) is 5.91 Å². The molecule has 0 bridgehead atoms. The largest absolute Gasteiger partial charge is 0.341 e. The van der Waals surface area contributed by atoms with Crippen LogP contribution in [-0.2, 0) is 6.42 Å². The van der Waals surface area contributed by atoms with Crippen molar-refractivity contribution >= 4 is 23.0 Å². The minimum Gasteiger partial charge on any atom is -0.341 e. The molecule has 0 unspecified atom stereocenters. The van der Waals surface area contributed by atoms with Crippen LogP contribution in [0.2, 0.25) is 0 Å². The van der Waals surface area contributed by atoms with Gasteiger partial charge in [0.05, 0.1) is 0 Å². The van der Waals surface area contributed by atoms with Crippen LogP contribution in [0.1, 0.15) is 15.9 Å². The lowest BCUT2D eigenvalue weighted by Crippen LogP contribution is -2.14. The maximum absolute atomic E-state index is 12.2. The normalized spacial score (nSPS) is 12.8. The first-order chi connectivity index (χ1) is 11.8. The van der Waals surface area contributed by atoms with E-state index in [1.165, 1.54) is 11.3 Å². The fraction of sp³-hybridized carbons (Fsp3) is 0.0952. The highest BCUT2D eigenvalue weighted by atomic mass is 16.1. The second-order valence-corrected chi connectivity index (χ2v) is 5.90. The Bertz CT molecular complexity index is 857. The molecule has 1 heterocycles. The van der Waals surface area contributed by atoms with Crippen molar-refractivity contribution in [1.82, 2.24) is 0 Å². The van der Waals surface area contributed by atoms with Crippen LogP contribution in [0.25, 0.3) is 0 Å². The van der Waals surface area contributed by atoms with E-state index >= 15 is 0 Å². The average molecular weight is 314 g/mol. The summed E-state index contributed by atoms with van der Waals surface area (Å²) in [6.45, 7) is 0.995. The van der Waals surface area contributed by atoms with E-state index in [0.29, 0.717) is 5.56 Å². The second kappa shape index (κ2) is 6.20. The van der Waals surface area contributed by atoms with Gasteiger partial charge < -0.3 is 10.2 Å². The van der Waals surface area contributed by atoms with Crippen LogP contribution in [0.3, 0.4) is 0 Å². The molecular weight excluding hydrogens is 296 g/mol. The summed E-state index contributed by atoms with van der Waals surface area (Å²) in [4.78, 5) is 14.5. The van der Waals surface area contributed by atoms with Crippen molar-refractivity contribution in [3.05, 3.63) is 90.0 Å². The molecule has 1 N–H and O–H groups in total. The van der Waals surface area contributed by atoms with E-state index in [9.17, 15) is 4.79 Å². The molecule has 0 fully saturated rings. The van der Waals surface area contributed by atoms with Gasteiger partial charge in [-0.3, -0.25) is 4.79 Å². The third kappa shape index (κ3) is 2.76. The molecule has 3 heteroatoms. The molecule has 3 aromatic rings. The Balaban J connectivity index is 1.51. The summed E-state index contributed by atoms with van der Waals surface area (Å²) in [5.41, 5.74) is 5.28. The molecule has 1 amide bonds. The Kier molecular flexibility index (Phi) is 3.75. The zero-order valence-corrected chi connectivity index (χ0v) is 13.3. The van der Waals surface area contributed by atoms with Crippen molar-refractivity contribution in [1.29, 1.82) is 0 Å². The summed E-state index contributed by atoms with van der Waals surface area (Å²) >= 11 is 0. The summed E-state index contributed by atoms with van der Waals surface area (Å²) in [6.07, 6.45) is 1.07. The summed E-state index contributed by atoms with van der Waals surface area (Å²) in [6, 6.07) is 25.8. The maximum Gasteiger partial charge on any atom is 0.255 e. The van der Waals surface area contributed by atoms with Gasteiger partial charge in [-0.2, -0.15) is 0 Å². The summed E-state index contributed by atoms with van der Waals surface area (Å²) in [5, 5.41) is 2.94. The number of fused-ring (bicyclic) bond motifs is 1. The van der Waals surface area contributed by atoms with Crippen LogP contribution in [0, 0.1) is 0 Å². The predicted molar refractivity (Wildman–Crippen MR) is 98.0 cm³/mol. The zero-order chi connectivity index (χ0) is 16.4. The quantitative estimate of drug-likeness (QED) is 0.764. The molecule has 0 saturated carbocycles. The lowest BCUT2D eigenvalue weighted by atomic mass is 10.2. The number of rotatable bonds is 3. The molecule has 1 aliphatic heterocycles. The molecule has 0 aliphatic carbocycles. The summed E-state index contributed by atoms with van der Waals surface area (Å²) < 4.78 is 0. The lowest BCUT2D eigenvalue weighted by Gasteiger charge is -2.20.